The Morgan fingerprint density at radius 2 is 2.18 bits per heavy atom. The van der Waals surface area contributed by atoms with E-state index in [-0.39, 0.29) is 28.8 Å². The third-order valence-corrected chi connectivity index (χ3v) is 3.22. The van der Waals surface area contributed by atoms with Crippen LogP contribution in [0.15, 0.2) is 33.5 Å². The molecule has 0 radical (unpaired) electrons. The van der Waals surface area contributed by atoms with Gasteiger partial charge in [0.1, 0.15) is 11.1 Å². The topological polar surface area (TPSA) is 123 Å². The van der Waals surface area contributed by atoms with Gasteiger partial charge in [-0.25, -0.2) is 4.79 Å². The lowest BCUT2D eigenvalue weighted by Crippen LogP contribution is -2.38. The van der Waals surface area contributed by atoms with Crippen LogP contribution in [0.1, 0.15) is 23.7 Å². The number of aliphatic hydroxyl groups excluding tert-OH is 1. The number of nitro groups is 1. The van der Waals surface area contributed by atoms with Crippen LogP contribution in [0.3, 0.4) is 0 Å². The average Bonchev–Trinajstić information content (AvgIpc) is 2.51. The van der Waals surface area contributed by atoms with Crippen molar-refractivity contribution in [1.82, 2.24) is 5.32 Å². The molecule has 0 aliphatic carbocycles. The third-order valence-electron chi connectivity index (χ3n) is 3.22. The maximum absolute atomic E-state index is 12.0. The second-order valence-electron chi connectivity index (χ2n) is 4.69. The Balaban J connectivity index is 2.45. The van der Waals surface area contributed by atoms with Crippen LogP contribution < -0.4 is 10.9 Å². The summed E-state index contributed by atoms with van der Waals surface area (Å²) in [6.45, 7) is 1.51. The van der Waals surface area contributed by atoms with E-state index in [4.69, 9.17) is 9.52 Å². The number of rotatable bonds is 5. The van der Waals surface area contributed by atoms with Gasteiger partial charge in [0, 0.05) is 17.5 Å². The standard InChI is InChI=1S/C14H14N2O6/c1-2-9(7-17)15-13(18)11-6-8-5-10(16(20)21)3-4-12(8)22-14(11)19/h3-6,9,17H,2,7H2,1H3,(H,15,18). The largest absolute Gasteiger partial charge is 0.422 e. The molecule has 0 spiro atoms. The molecule has 0 aliphatic heterocycles. The molecule has 8 nitrogen and oxygen atoms in total. The highest BCUT2D eigenvalue weighted by molar-refractivity contribution is 5.97. The first-order valence-electron chi connectivity index (χ1n) is 6.60. The lowest BCUT2D eigenvalue weighted by molar-refractivity contribution is -0.384. The van der Waals surface area contributed by atoms with Crippen LogP contribution in [0.5, 0.6) is 0 Å². The highest BCUT2D eigenvalue weighted by atomic mass is 16.6. The number of nitrogens with zero attached hydrogens (tertiary/aromatic N) is 1. The normalized spacial score (nSPS) is 12.1. The quantitative estimate of drug-likeness (QED) is 0.486. The predicted molar refractivity (Wildman–Crippen MR) is 77.8 cm³/mol. The fraction of sp³-hybridized carbons (Fsp3) is 0.286. The number of hydrogen-bond acceptors (Lipinski definition) is 6. The van der Waals surface area contributed by atoms with E-state index >= 15 is 0 Å². The molecule has 1 unspecified atom stereocenters. The molecule has 8 heteroatoms. The van der Waals surface area contributed by atoms with Crippen LogP contribution in [0.2, 0.25) is 0 Å². The molecule has 0 saturated carbocycles. The summed E-state index contributed by atoms with van der Waals surface area (Å²) in [5.41, 5.74) is -1.12. The highest BCUT2D eigenvalue weighted by Gasteiger charge is 2.18. The zero-order valence-corrected chi connectivity index (χ0v) is 11.7. The summed E-state index contributed by atoms with van der Waals surface area (Å²) in [7, 11) is 0. The minimum Gasteiger partial charge on any atom is -0.422 e. The van der Waals surface area contributed by atoms with E-state index in [1.165, 1.54) is 24.3 Å². The fourth-order valence-electron chi connectivity index (χ4n) is 1.92. The van der Waals surface area contributed by atoms with Gasteiger partial charge in [-0.1, -0.05) is 6.92 Å². The van der Waals surface area contributed by atoms with Gasteiger partial charge in [-0.3, -0.25) is 14.9 Å². The Hall–Kier alpha value is -2.74. The third kappa shape index (κ3) is 3.12. The van der Waals surface area contributed by atoms with Crippen molar-refractivity contribution < 1.29 is 19.2 Å². The molecule has 2 rings (SSSR count). The molecule has 0 bridgehead atoms. The van der Waals surface area contributed by atoms with Gasteiger partial charge in [-0.05, 0) is 18.6 Å². The lowest BCUT2D eigenvalue weighted by atomic mass is 10.1. The molecule has 2 aromatic rings. The van der Waals surface area contributed by atoms with Crippen molar-refractivity contribution in [3.63, 3.8) is 0 Å². The Labute approximate surface area is 124 Å². The maximum Gasteiger partial charge on any atom is 0.349 e. The van der Waals surface area contributed by atoms with Crippen molar-refractivity contribution in [1.29, 1.82) is 0 Å². The molecule has 22 heavy (non-hydrogen) atoms. The molecule has 1 heterocycles. The van der Waals surface area contributed by atoms with Crippen LogP contribution in [-0.4, -0.2) is 28.6 Å². The van der Waals surface area contributed by atoms with Crippen molar-refractivity contribution in [3.05, 3.63) is 50.4 Å². The summed E-state index contributed by atoms with van der Waals surface area (Å²) in [5, 5.41) is 22.6. The average molecular weight is 306 g/mol. The van der Waals surface area contributed by atoms with Crippen LogP contribution in [0.25, 0.3) is 11.0 Å². The van der Waals surface area contributed by atoms with Crippen molar-refractivity contribution in [2.75, 3.05) is 6.61 Å². The fourth-order valence-corrected chi connectivity index (χ4v) is 1.92. The number of carbonyl (C=O) groups is 1. The first-order valence-corrected chi connectivity index (χ1v) is 6.60. The Kier molecular flexibility index (Phi) is 4.52. The number of benzene rings is 1. The molecule has 0 saturated heterocycles. The number of fused-ring (bicyclic) bond motifs is 1. The van der Waals surface area contributed by atoms with Crippen molar-refractivity contribution in [2.45, 2.75) is 19.4 Å². The first kappa shape index (κ1) is 15.6. The predicted octanol–water partition coefficient (Wildman–Crippen LogP) is 1.20. The summed E-state index contributed by atoms with van der Waals surface area (Å²) in [4.78, 5) is 34.0. The van der Waals surface area contributed by atoms with Gasteiger partial charge >= 0.3 is 5.63 Å². The van der Waals surface area contributed by atoms with Crippen LogP contribution >= 0.6 is 0 Å². The van der Waals surface area contributed by atoms with E-state index in [1.807, 2.05) is 0 Å². The molecule has 1 aromatic carbocycles. The number of non-ortho nitro benzene ring substituents is 1. The maximum atomic E-state index is 12.0. The number of nitro benzene ring substituents is 1. The minimum absolute atomic E-state index is 0.154. The lowest BCUT2D eigenvalue weighted by Gasteiger charge is -2.13. The molecular formula is C14H14N2O6. The monoisotopic (exact) mass is 306 g/mol. The number of carbonyl (C=O) groups excluding carboxylic acids is 1. The molecule has 1 atom stereocenters. The molecule has 0 fully saturated rings. The van der Waals surface area contributed by atoms with Crippen LogP contribution in [0, 0.1) is 10.1 Å². The van der Waals surface area contributed by atoms with Crippen LogP contribution in [0.4, 0.5) is 5.69 Å². The molecule has 1 amide bonds. The van der Waals surface area contributed by atoms with E-state index in [1.54, 1.807) is 6.92 Å². The van der Waals surface area contributed by atoms with E-state index in [0.717, 1.165) is 0 Å². The summed E-state index contributed by atoms with van der Waals surface area (Å²) in [6, 6.07) is 4.50. The molecule has 1 aromatic heterocycles. The zero-order chi connectivity index (χ0) is 16.3. The van der Waals surface area contributed by atoms with Gasteiger partial charge in [-0.2, -0.15) is 0 Å². The first-order chi connectivity index (χ1) is 10.5. The Morgan fingerprint density at radius 3 is 2.77 bits per heavy atom. The summed E-state index contributed by atoms with van der Waals surface area (Å²) < 4.78 is 5.00. The molecule has 2 N–H and O–H groups in total. The Morgan fingerprint density at radius 1 is 1.45 bits per heavy atom. The van der Waals surface area contributed by atoms with Crippen molar-refractivity contribution in [2.24, 2.45) is 0 Å². The van der Waals surface area contributed by atoms with E-state index < -0.39 is 22.5 Å². The second kappa shape index (κ2) is 6.35. The summed E-state index contributed by atoms with van der Waals surface area (Å²) >= 11 is 0. The van der Waals surface area contributed by atoms with Crippen molar-refractivity contribution in [3.8, 4) is 0 Å². The van der Waals surface area contributed by atoms with Gasteiger partial charge in [0.25, 0.3) is 11.6 Å². The Bertz CT molecular complexity index is 778. The molecule has 116 valence electrons. The summed E-state index contributed by atoms with van der Waals surface area (Å²) in [5.74, 6) is -0.692. The van der Waals surface area contributed by atoms with Gasteiger partial charge in [0.15, 0.2) is 0 Å². The number of aliphatic hydroxyl groups is 1. The second-order valence-corrected chi connectivity index (χ2v) is 4.69. The van der Waals surface area contributed by atoms with E-state index in [0.29, 0.717) is 6.42 Å². The van der Waals surface area contributed by atoms with Crippen LogP contribution in [-0.2, 0) is 0 Å². The van der Waals surface area contributed by atoms with Gasteiger partial charge < -0.3 is 14.8 Å². The number of nitrogens with one attached hydrogen (secondary N) is 1. The van der Waals surface area contributed by atoms with Gasteiger partial charge in [0.2, 0.25) is 0 Å². The van der Waals surface area contributed by atoms with Gasteiger partial charge in [0.05, 0.1) is 17.6 Å². The number of hydrogen-bond donors (Lipinski definition) is 2. The van der Waals surface area contributed by atoms with E-state index in [9.17, 15) is 19.7 Å². The van der Waals surface area contributed by atoms with E-state index in [2.05, 4.69) is 5.32 Å². The summed E-state index contributed by atoms with van der Waals surface area (Å²) in [6.07, 6.45) is 0.493. The van der Waals surface area contributed by atoms with Gasteiger partial charge in [-0.15, -0.1) is 0 Å². The smallest absolute Gasteiger partial charge is 0.349 e. The zero-order valence-electron chi connectivity index (χ0n) is 11.7. The SMILES string of the molecule is CCC(CO)NC(=O)c1cc2cc([N+](=O)[O-])ccc2oc1=O. The highest BCUT2D eigenvalue weighted by Crippen LogP contribution is 2.20. The van der Waals surface area contributed by atoms with Crippen molar-refractivity contribution >= 4 is 22.6 Å². The minimum atomic E-state index is -0.841. The number of amides is 1. The molecular weight excluding hydrogens is 292 g/mol. The molecule has 0 aliphatic rings.